The molecule has 0 aromatic rings. The lowest BCUT2D eigenvalue weighted by atomic mass is 9.85. The summed E-state index contributed by atoms with van der Waals surface area (Å²) in [5, 5.41) is 0. The molecule has 0 saturated carbocycles. The van der Waals surface area contributed by atoms with Gasteiger partial charge in [0.05, 0.1) is 18.8 Å². The quantitative estimate of drug-likeness (QED) is 0.753. The van der Waals surface area contributed by atoms with Crippen molar-refractivity contribution >= 4 is 5.78 Å². The van der Waals surface area contributed by atoms with E-state index in [1.807, 2.05) is 0 Å². The van der Waals surface area contributed by atoms with E-state index >= 15 is 0 Å². The molecule has 3 nitrogen and oxygen atoms in total. The van der Waals surface area contributed by atoms with Crippen LogP contribution in [0.1, 0.15) is 39.5 Å². The van der Waals surface area contributed by atoms with Crippen molar-refractivity contribution in [2.45, 2.75) is 45.1 Å². The molecule has 0 radical (unpaired) electrons. The summed E-state index contributed by atoms with van der Waals surface area (Å²) < 4.78 is 5.35. The van der Waals surface area contributed by atoms with Gasteiger partial charge in [-0.2, -0.15) is 0 Å². The molecule has 0 bridgehead atoms. The molecular weight excluding hydrogens is 214 g/mol. The number of ketones is 1. The van der Waals surface area contributed by atoms with E-state index in [0.29, 0.717) is 5.78 Å². The molecule has 0 unspecified atom stereocenters. The summed E-state index contributed by atoms with van der Waals surface area (Å²) in [6, 6.07) is 0. The van der Waals surface area contributed by atoms with Gasteiger partial charge in [-0.25, -0.2) is 0 Å². The van der Waals surface area contributed by atoms with Crippen molar-refractivity contribution in [1.29, 1.82) is 0 Å². The predicted octanol–water partition coefficient (Wildman–Crippen LogP) is 2.17. The highest BCUT2D eigenvalue weighted by Crippen LogP contribution is 2.26. The van der Waals surface area contributed by atoms with E-state index in [1.54, 1.807) is 0 Å². The molecule has 0 amide bonds. The van der Waals surface area contributed by atoms with E-state index in [9.17, 15) is 4.79 Å². The van der Waals surface area contributed by atoms with E-state index in [1.165, 1.54) is 6.42 Å². The van der Waals surface area contributed by atoms with Crippen molar-refractivity contribution in [2.24, 2.45) is 0 Å². The molecule has 96 valence electrons. The molecule has 1 fully saturated rings. The highest BCUT2D eigenvalue weighted by Gasteiger charge is 2.36. The fourth-order valence-corrected chi connectivity index (χ4v) is 2.70. The topological polar surface area (TPSA) is 29.5 Å². The average molecular weight is 237 g/mol. The second-order valence-corrected chi connectivity index (χ2v) is 5.46. The fourth-order valence-electron chi connectivity index (χ4n) is 2.70. The minimum Gasteiger partial charge on any atom is -0.379 e. The second-order valence-electron chi connectivity index (χ2n) is 5.46. The number of morpholine rings is 1. The summed E-state index contributed by atoms with van der Waals surface area (Å²) in [7, 11) is 0. The first kappa shape index (κ1) is 12.8. The Morgan fingerprint density at radius 3 is 2.59 bits per heavy atom. The Kier molecular flexibility index (Phi) is 4.00. The maximum Gasteiger partial charge on any atom is 0.178 e. The predicted molar refractivity (Wildman–Crippen MR) is 68.0 cm³/mol. The molecule has 1 saturated heterocycles. The molecule has 0 N–H and O–H groups in total. The van der Waals surface area contributed by atoms with Crippen LogP contribution in [0.5, 0.6) is 0 Å². The normalized spacial score (nSPS) is 23.3. The maximum atomic E-state index is 12.6. The third kappa shape index (κ3) is 2.78. The summed E-state index contributed by atoms with van der Waals surface area (Å²) in [4.78, 5) is 14.8. The zero-order chi connectivity index (χ0) is 12.3. The van der Waals surface area contributed by atoms with Crippen LogP contribution in [0.15, 0.2) is 11.6 Å². The third-order valence-electron chi connectivity index (χ3n) is 3.94. The Hall–Kier alpha value is -0.670. The van der Waals surface area contributed by atoms with Gasteiger partial charge >= 0.3 is 0 Å². The van der Waals surface area contributed by atoms with Crippen molar-refractivity contribution in [3.8, 4) is 0 Å². The molecule has 0 aromatic heterocycles. The van der Waals surface area contributed by atoms with E-state index in [-0.39, 0.29) is 5.54 Å². The van der Waals surface area contributed by atoms with Gasteiger partial charge in [-0.15, -0.1) is 0 Å². The van der Waals surface area contributed by atoms with Crippen molar-refractivity contribution < 1.29 is 9.53 Å². The van der Waals surface area contributed by atoms with Crippen LogP contribution in [0.3, 0.4) is 0 Å². The number of allylic oxidation sites excluding steroid dienone is 1. The van der Waals surface area contributed by atoms with Gasteiger partial charge in [-0.3, -0.25) is 9.69 Å². The molecule has 17 heavy (non-hydrogen) atoms. The molecule has 1 aliphatic carbocycles. The summed E-state index contributed by atoms with van der Waals surface area (Å²) in [6.07, 6.45) is 6.58. The summed E-state index contributed by atoms with van der Waals surface area (Å²) >= 11 is 0. The summed E-state index contributed by atoms with van der Waals surface area (Å²) in [5.74, 6) is 0.319. The van der Waals surface area contributed by atoms with Crippen LogP contribution in [0.25, 0.3) is 0 Å². The van der Waals surface area contributed by atoms with Crippen molar-refractivity contribution in [3.63, 3.8) is 0 Å². The van der Waals surface area contributed by atoms with Crippen LogP contribution < -0.4 is 0 Å². The monoisotopic (exact) mass is 237 g/mol. The number of carbonyl (C=O) groups is 1. The highest BCUT2D eigenvalue weighted by molar-refractivity contribution is 6.02. The van der Waals surface area contributed by atoms with Crippen molar-refractivity contribution in [1.82, 2.24) is 4.90 Å². The first-order valence-electron chi connectivity index (χ1n) is 6.69. The van der Waals surface area contributed by atoms with Gasteiger partial charge in [-0.05, 0) is 45.1 Å². The largest absolute Gasteiger partial charge is 0.379 e. The van der Waals surface area contributed by atoms with Gasteiger partial charge in [0.1, 0.15) is 0 Å². The number of hydrogen-bond acceptors (Lipinski definition) is 3. The highest BCUT2D eigenvalue weighted by atomic mass is 16.5. The smallest absolute Gasteiger partial charge is 0.178 e. The van der Waals surface area contributed by atoms with Crippen molar-refractivity contribution in [3.05, 3.63) is 11.6 Å². The lowest BCUT2D eigenvalue weighted by Crippen LogP contribution is -2.54. The second kappa shape index (κ2) is 5.32. The lowest BCUT2D eigenvalue weighted by molar-refractivity contribution is -0.128. The van der Waals surface area contributed by atoms with Crippen LogP contribution in [0.2, 0.25) is 0 Å². The molecule has 0 spiro atoms. The number of hydrogen-bond donors (Lipinski definition) is 0. The first-order valence-corrected chi connectivity index (χ1v) is 6.69. The van der Waals surface area contributed by atoms with E-state index in [2.05, 4.69) is 24.8 Å². The van der Waals surface area contributed by atoms with Gasteiger partial charge in [0, 0.05) is 13.1 Å². The molecule has 2 rings (SSSR count). The van der Waals surface area contributed by atoms with Crippen LogP contribution in [-0.4, -0.2) is 42.5 Å². The number of ether oxygens (including phenoxy) is 1. The molecule has 2 aliphatic rings. The van der Waals surface area contributed by atoms with Crippen LogP contribution >= 0.6 is 0 Å². The Morgan fingerprint density at radius 2 is 2.00 bits per heavy atom. The molecule has 1 aliphatic heterocycles. The summed E-state index contributed by atoms with van der Waals surface area (Å²) in [6.45, 7) is 7.33. The van der Waals surface area contributed by atoms with Gasteiger partial charge in [-0.1, -0.05) is 6.08 Å². The number of Topliss-reactive ketones (excluding diaryl/α,β-unsaturated/α-hetero) is 1. The first-order chi connectivity index (χ1) is 8.12. The number of rotatable bonds is 3. The average Bonchev–Trinajstić information content (AvgIpc) is 2.40. The molecule has 3 heteroatoms. The zero-order valence-corrected chi connectivity index (χ0v) is 11.0. The molecule has 0 aromatic carbocycles. The summed E-state index contributed by atoms with van der Waals surface area (Å²) in [5.41, 5.74) is 0.681. The van der Waals surface area contributed by atoms with E-state index in [0.717, 1.165) is 51.1 Å². The van der Waals surface area contributed by atoms with Gasteiger partial charge < -0.3 is 4.74 Å². The van der Waals surface area contributed by atoms with Crippen LogP contribution in [-0.2, 0) is 9.53 Å². The van der Waals surface area contributed by atoms with Crippen LogP contribution in [0, 0.1) is 0 Å². The number of carbonyl (C=O) groups excluding carboxylic acids is 1. The minimum atomic E-state index is -0.368. The Labute approximate surface area is 104 Å². The lowest BCUT2D eigenvalue weighted by Gasteiger charge is -2.40. The third-order valence-corrected chi connectivity index (χ3v) is 3.94. The van der Waals surface area contributed by atoms with Crippen molar-refractivity contribution in [2.75, 3.05) is 26.3 Å². The fraction of sp³-hybridized carbons (Fsp3) is 0.786. The Morgan fingerprint density at radius 1 is 1.29 bits per heavy atom. The Balaban J connectivity index is 2.07. The number of nitrogens with zero attached hydrogens (tertiary/aromatic N) is 1. The zero-order valence-electron chi connectivity index (χ0n) is 11.0. The van der Waals surface area contributed by atoms with Gasteiger partial charge in [0.25, 0.3) is 0 Å². The molecular formula is C14H23NO2. The molecule has 0 atom stereocenters. The maximum absolute atomic E-state index is 12.6. The van der Waals surface area contributed by atoms with Gasteiger partial charge in [0.15, 0.2) is 5.78 Å². The SMILES string of the molecule is CC(C)(C(=O)C1=CCCCC1)N1CCOCC1. The minimum absolute atomic E-state index is 0.319. The standard InChI is InChI=1S/C14H23NO2/c1-14(2,15-8-10-17-11-9-15)13(16)12-6-4-3-5-7-12/h6H,3-5,7-11H2,1-2H3. The van der Waals surface area contributed by atoms with E-state index < -0.39 is 0 Å². The van der Waals surface area contributed by atoms with E-state index in [4.69, 9.17) is 4.74 Å². The van der Waals surface area contributed by atoms with Gasteiger partial charge in [0.2, 0.25) is 0 Å². The molecule has 1 heterocycles. The van der Waals surface area contributed by atoms with Crippen LogP contribution in [0.4, 0.5) is 0 Å². The Bertz CT molecular complexity index is 314.